The fourth-order valence-corrected chi connectivity index (χ4v) is 2.41. The van der Waals surface area contributed by atoms with Crippen molar-refractivity contribution < 1.29 is 4.79 Å². The quantitative estimate of drug-likeness (QED) is 0.918. The summed E-state index contributed by atoms with van der Waals surface area (Å²) in [5.74, 6) is 0.0390. The molecule has 0 radical (unpaired) electrons. The van der Waals surface area contributed by atoms with Gasteiger partial charge in [0.15, 0.2) is 0 Å². The van der Waals surface area contributed by atoms with Gasteiger partial charge >= 0.3 is 0 Å². The maximum atomic E-state index is 11.8. The Morgan fingerprint density at radius 3 is 2.78 bits per heavy atom. The fourth-order valence-electron chi connectivity index (χ4n) is 1.70. The van der Waals surface area contributed by atoms with Crippen LogP contribution < -0.4 is 5.32 Å². The van der Waals surface area contributed by atoms with Crippen LogP contribution >= 0.6 is 11.3 Å². The molecule has 1 aromatic carbocycles. The van der Waals surface area contributed by atoms with Crippen LogP contribution in [-0.4, -0.2) is 10.9 Å². The number of hydrogen-bond donors (Lipinski definition) is 1. The van der Waals surface area contributed by atoms with E-state index in [2.05, 4.69) is 10.3 Å². The summed E-state index contributed by atoms with van der Waals surface area (Å²) in [6, 6.07) is 7.95. The molecule has 0 spiro atoms. The number of aryl methyl sites for hydroxylation is 2. The van der Waals surface area contributed by atoms with E-state index in [4.69, 9.17) is 0 Å². The summed E-state index contributed by atoms with van der Waals surface area (Å²) in [5, 5.41) is 5.84. The topological polar surface area (TPSA) is 42.0 Å². The first-order chi connectivity index (χ1) is 8.65. The van der Waals surface area contributed by atoms with Crippen molar-refractivity contribution in [1.82, 2.24) is 10.3 Å². The number of aromatic nitrogens is 1. The number of carbonyl (C=O) groups is 1. The Morgan fingerprint density at radius 2 is 2.11 bits per heavy atom. The number of benzene rings is 1. The fraction of sp³-hybridized carbons (Fsp3) is 0.286. The third-order valence-corrected chi connectivity index (χ3v) is 3.68. The molecule has 2 rings (SSSR count). The second-order valence-corrected chi connectivity index (χ2v) is 5.21. The van der Waals surface area contributed by atoms with Crippen LogP contribution in [-0.2, 0) is 17.8 Å². The van der Waals surface area contributed by atoms with Crippen LogP contribution in [0.1, 0.15) is 21.8 Å². The minimum atomic E-state index is 0.0390. The van der Waals surface area contributed by atoms with Crippen LogP contribution in [0.3, 0.4) is 0 Å². The second-order valence-electron chi connectivity index (χ2n) is 4.26. The first-order valence-electron chi connectivity index (χ1n) is 5.87. The Balaban J connectivity index is 1.88. The summed E-state index contributed by atoms with van der Waals surface area (Å²) in [4.78, 5) is 16.1. The van der Waals surface area contributed by atoms with Crippen LogP contribution in [0.15, 0.2) is 29.6 Å². The van der Waals surface area contributed by atoms with Crippen molar-refractivity contribution in [3.63, 3.8) is 0 Å². The highest BCUT2D eigenvalue weighted by molar-refractivity contribution is 7.09. The molecule has 2 aromatic rings. The first kappa shape index (κ1) is 12.8. The van der Waals surface area contributed by atoms with E-state index in [9.17, 15) is 4.79 Å². The van der Waals surface area contributed by atoms with Gasteiger partial charge in [0.2, 0.25) is 5.91 Å². The molecule has 18 heavy (non-hydrogen) atoms. The lowest BCUT2D eigenvalue weighted by Crippen LogP contribution is -2.24. The van der Waals surface area contributed by atoms with Crippen molar-refractivity contribution in [2.24, 2.45) is 0 Å². The van der Waals surface area contributed by atoms with Crippen molar-refractivity contribution in [2.75, 3.05) is 0 Å². The summed E-state index contributed by atoms with van der Waals surface area (Å²) in [7, 11) is 0. The van der Waals surface area contributed by atoms with E-state index >= 15 is 0 Å². The molecule has 0 unspecified atom stereocenters. The summed E-state index contributed by atoms with van der Waals surface area (Å²) in [5.41, 5.74) is 3.23. The lowest BCUT2D eigenvalue weighted by atomic mass is 10.1. The van der Waals surface area contributed by atoms with Crippen LogP contribution in [0.5, 0.6) is 0 Å². The molecule has 0 fully saturated rings. The van der Waals surface area contributed by atoms with Crippen molar-refractivity contribution in [3.8, 4) is 0 Å². The Bertz CT molecular complexity index is 548. The third-order valence-electron chi connectivity index (χ3n) is 2.72. The van der Waals surface area contributed by atoms with Crippen molar-refractivity contribution in [3.05, 3.63) is 51.5 Å². The standard InChI is InChI=1S/C14H16N2OS/c1-10-5-3-4-6-12(10)7-13(17)15-8-14-16-11(2)9-18-14/h3-6,9H,7-8H2,1-2H3,(H,15,17). The summed E-state index contributed by atoms with van der Waals surface area (Å²) in [6.45, 7) is 4.49. The van der Waals surface area contributed by atoms with Gasteiger partial charge in [-0.1, -0.05) is 24.3 Å². The maximum absolute atomic E-state index is 11.8. The zero-order valence-electron chi connectivity index (χ0n) is 10.6. The van der Waals surface area contributed by atoms with Crippen molar-refractivity contribution in [2.45, 2.75) is 26.8 Å². The zero-order chi connectivity index (χ0) is 13.0. The first-order valence-corrected chi connectivity index (χ1v) is 6.75. The summed E-state index contributed by atoms with van der Waals surface area (Å²) >= 11 is 1.58. The molecule has 1 amide bonds. The van der Waals surface area contributed by atoms with Gasteiger partial charge in [0, 0.05) is 11.1 Å². The van der Waals surface area contributed by atoms with E-state index in [0.29, 0.717) is 13.0 Å². The summed E-state index contributed by atoms with van der Waals surface area (Å²) in [6.07, 6.45) is 0.428. The van der Waals surface area contributed by atoms with E-state index in [1.54, 1.807) is 11.3 Å². The molecule has 1 N–H and O–H groups in total. The lowest BCUT2D eigenvalue weighted by Gasteiger charge is -2.05. The normalized spacial score (nSPS) is 10.3. The Morgan fingerprint density at radius 1 is 1.33 bits per heavy atom. The molecule has 1 aromatic heterocycles. The monoisotopic (exact) mass is 260 g/mol. The van der Waals surface area contributed by atoms with Crippen molar-refractivity contribution >= 4 is 17.2 Å². The van der Waals surface area contributed by atoms with Gasteiger partial charge in [-0.25, -0.2) is 4.98 Å². The van der Waals surface area contributed by atoms with E-state index in [1.165, 1.54) is 0 Å². The molecule has 0 aliphatic carbocycles. The number of nitrogens with zero attached hydrogens (tertiary/aromatic N) is 1. The van der Waals surface area contributed by atoms with Crippen LogP contribution in [0.25, 0.3) is 0 Å². The summed E-state index contributed by atoms with van der Waals surface area (Å²) < 4.78 is 0. The molecule has 0 saturated heterocycles. The van der Waals surface area contributed by atoms with Gasteiger partial charge < -0.3 is 5.32 Å². The third kappa shape index (κ3) is 3.40. The van der Waals surface area contributed by atoms with Crippen LogP contribution in [0.2, 0.25) is 0 Å². The van der Waals surface area contributed by atoms with E-state index in [0.717, 1.165) is 21.8 Å². The molecule has 1 heterocycles. The Kier molecular flexibility index (Phi) is 4.10. The van der Waals surface area contributed by atoms with Gasteiger partial charge in [-0.15, -0.1) is 11.3 Å². The molecule has 0 atom stereocenters. The largest absolute Gasteiger partial charge is 0.349 e. The molecule has 0 saturated carbocycles. The van der Waals surface area contributed by atoms with Gasteiger partial charge in [-0.05, 0) is 25.0 Å². The number of hydrogen-bond acceptors (Lipinski definition) is 3. The van der Waals surface area contributed by atoms with E-state index in [1.807, 2.05) is 43.5 Å². The smallest absolute Gasteiger partial charge is 0.224 e. The minimum absolute atomic E-state index is 0.0390. The van der Waals surface area contributed by atoms with Crippen LogP contribution in [0.4, 0.5) is 0 Å². The Hall–Kier alpha value is -1.68. The predicted molar refractivity (Wildman–Crippen MR) is 73.6 cm³/mol. The highest BCUT2D eigenvalue weighted by Crippen LogP contribution is 2.09. The number of rotatable bonds is 4. The predicted octanol–water partition coefficient (Wildman–Crippen LogP) is 2.62. The minimum Gasteiger partial charge on any atom is -0.349 e. The molecule has 0 aliphatic heterocycles. The average Bonchev–Trinajstić information content (AvgIpc) is 2.76. The SMILES string of the molecule is Cc1csc(CNC(=O)Cc2ccccc2C)n1. The molecular formula is C14H16N2OS. The maximum Gasteiger partial charge on any atom is 0.224 e. The van der Waals surface area contributed by atoms with Crippen molar-refractivity contribution in [1.29, 1.82) is 0 Å². The van der Waals surface area contributed by atoms with Crippen LogP contribution in [0, 0.1) is 13.8 Å². The average molecular weight is 260 g/mol. The molecule has 3 nitrogen and oxygen atoms in total. The molecule has 94 valence electrons. The highest BCUT2D eigenvalue weighted by atomic mass is 32.1. The number of amides is 1. The molecule has 4 heteroatoms. The number of nitrogens with one attached hydrogen (secondary N) is 1. The zero-order valence-corrected chi connectivity index (χ0v) is 11.4. The number of carbonyl (C=O) groups excluding carboxylic acids is 1. The van der Waals surface area contributed by atoms with Gasteiger partial charge in [0.05, 0.1) is 13.0 Å². The Labute approximate surface area is 111 Å². The van der Waals surface area contributed by atoms with Gasteiger partial charge in [0.1, 0.15) is 5.01 Å². The molecule has 0 bridgehead atoms. The molecule has 0 aliphatic rings. The highest BCUT2D eigenvalue weighted by Gasteiger charge is 2.06. The molecular weight excluding hydrogens is 244 g/mol. The number of thiazole rings is 1. The lowest BCUT2D eigenvalue weighted by molar-refractivity contribution is -0.120. The van der Waals surface area contributed by atoms with Gasteiger partial charge in [-0.2, -0.15) is 0 Å². The van der Waals surface area contributed by atoms with E-state index < -0.39 is 0 Å². The van der Waals surface area contributed by atoms with E-state index in [-0.39, 0.29) is 5.91 Å². The van der Waals surface area contributed by atoms with Gasteiger partial charge in [-0.3, -0.25) is 4.79 Å². The second kappa shape index (κ2) is 5.78. The van der Waals surface area contributed by atoms with Gasteiger partial charge in [0.25, 0.3) is 0 Å².